The third-order valence-corrected chi connectivity index (χ3v) is 4.25. The fraction of sp³-hybridized carbons (Fsp3) is 0.200. The molecule has 2 aromatic carbocycles. The van der Waals surface area contributed by atoms with Gasteiger partial charge in [-0.05, 0) is 48.0 Å². The molecule has 0 saturated heterocycles. The average Bonchev–Trinajstić information content (AvgIpc) is 2.40. The third kappa shape index (κ3) is 3.82. The molecule has 0 bridgehead atoms. The highest BCUT2D eigenvalue weighted by Crippen LogP contribution is 2.31. The summed E-state index contributed by atoms with van der Waals surface area (Å²) >= 11 is 13.3. The van der Waals surface area contributed by atoms with Gasteiger partial charge < -0.3 is 5.32 Å². The van der Waals surface area contributed by atoms with Crippen molar-refractivity contribution in [3.63, 3.8) is 0 Å². The zero-order chi connectivity index (χ0) is 13.8. The van der Waals surface area contributed by atoms with Crippen LogP contribution in [0.2, 0.25) is 5.02 Å². The van der Waals surface area contributed by atoms with E-state index in [1.807, 2.05) is 24.3 Å². The van der Waals surface area contributed by atoms with Crippen molar-refractivity contribution in [3.05, 3.63) is 67.6 Å². The first-order valence-electron chi connectivity index (χ1n) is 6.05. The molecule has 0 aromatic heterocycles. The first-order valence-corrected chi connectivity index (χ1v) is 8.02. The summed E-state index contributed by atoms with van der Waals surface area (Å²) in [4.78, 5) is 0. The van der Waals surface area contributed by atoms with Gasteiger partial charge >= 0.3 is 0 Å². The standard InChI is InChI=1S/C15H14Br2ClN/c1-2-19-15(10-3-5-11(16)6-4-10)13-9-12(17)7-8-14(13)18/h3-9,15,19H,2H2,1H3. The molecule has 4 heteroatoms. The van der Waals surface area contributed by atoms with E-state index in [1.165, 1.54) is 5.56 Å². The van der Waals surface area contributed by atoms with Crippen molar-refractivity contribution in [2.45, 2.75) is 13.0 Å². The molecule has 0 aliphatic heterocycles. The van der Waals surface area contributed by atoms with Gasteiger partial charge in [0.05, 0.1) is 6.04 Å². The molecule has 0 aliphatic rings. The first-order chi connectivity index (χ1) is 9.11. The number of rotatable bonds is 4. The quantitative estimate of drug-likeness (QED) is 0.704. The van der Waals surface area contributed by atoms with Gasteiger partial charge in [0.25, 0.3) is 0 Å². The second-order valence-electron chi connectivity index (χ2n) is 4.21. The summed E-state index contributed by atoms with van der Waals surface area (Å²) < 4.78 is 2.11. The summed E-state index contributed by atoms with van der Waals surface area (Å²) in [6, 6.07) is 14.3. The van der Waals surface area contributed by atoms with E-state index in [9.17, 15) is 0 Å². The maximum Gasteiger partial charge on any atom is 0.0591 e. The summed E-state index contributed by atoms with van der Waals surface area (Å²) in [5.41, 5.74) is 2.28. The minimum atomic E-state index is 0.100. The van der Waals surface area contributed by atoms with Crippen LogP contribution in [0.25, 0.3) is 0 Å². The van der Waals surface area contributed by atoms with Crippen molar-refractivity contribution in [3.8, 4) is 0 Å². The zero-order valence-electron chi connectivity index (χ0n) is 10.5. The van der Waals surface area contributed by atoms with Crippen LogP contribution in [0.4, 0.5) is 0 Å². The molecular formula is C15H14Br2ClN. The van der Waals surface area contributed by atoms with Gasteiger partial charge in [-0.1, -0.05) is 62.5 Å². The Balaban J connectivity index is 2.44. The maximum absolute atomic E-state index is 6.34. The highest BCUT2D eigenvalue weighted by molar-refractivity contribution is 9.10. The van der Waals surface area contributed by atoms with Crippen LogP contribution in [0.15, 0.2) is 51.4 Å². The molecule has 1 atom stereocenters. The van der Waals surface area contributed by atoms with E-state index in [-0.39, 0.29) is 6.04 Å². The second-order valence-corrected chi connectivity index (χ2v) is 6.45. The molecule has 0 heterocycles. The van der Waals surface area contributed by atoms with Gasteiger partial charge in [-0.25, -0.2) is 0 Å². The molecule has 1 N–H and O–H groups in total. The summed E-state index contributed by atoms with van der Waals surface area (Å²) in [6.45, 7) is 2.97. The number of hydrogen-bond donors (Lipinski definition) is 1. The van der Waals surface area contributed by atoms with E-state index in [0.29, 0.717) is 0 Å². The van der Waals surface area contributed by atoms with Crippen LogP contribution in [0.3, 0.4) is 0 Å². The third-order valence-electron chi connectivity index (χ3n) is 2.88. The number of halogens is 3. The van der Waals surface area contributed by atoms with Gasteiger partial charge in [-0.3, -0.25) is 0 Å². The molecule has 0 fully saturated rings. The summed E-state index contributed by atoms with van der Waals surface area (Å²) in [5.74, 6) is 0. The van der Waals surface area contributed by atoms with Gasteiger partial charge in [-0.2, -0.15) is 0 Å². The van der Waals surface area contributed by atoms with Crippen molar-refractivity contribution in [1.29, 1.82) is 0 Å². The van der Waals surface area contributed by atoms with Crippen LogP contribution < -0.4 is 5.32 Å². The molecule has 0 saturated carbocycles. The number of benzene rings is 2. The van der Waals surface area contributed by atoms with Crippen LogP contribution in [-0.4, -0.2) is 6.54 Å². The predicted molar refractivity (Wildman–Crippen MR) is 88.8 cm³/mol. The minimum Gasteiger partial charge on any atom is -0.306 e. The van der Waals surface area contributed by atoms with Crippen LogP contribution in [0.1, 0.15) is 24.1 Å². The molecule has 0 spiro atoms. The molecule has 2 aromatic rings. The normalized spacial score (nSPS) is 12.4. The lowest BCUT2D eigenvalue weighted by Crippen LogP contribution is -2.22. The van der Waals surface area contributed by atoms with E-state index >= 15 is 0 Å². The van der Waals surface area contributed by atoms with Crippen LogP contribution >= 0.6 is 43.5 Å². The predicted octanol–water partition coefficient (Wildman–Crippen LogP) is 5.56. The molecule has 1 nitrogen and oxygen atoms in total. The highest BCUT2D eigenvalue weighted by Gasteiger charge is 2.16. The molecule has 2 rings (SSSR count). The molecule has 1 unspecified atom stereocenters. The van der Waals surface area contributed by atoms with Crippen molar-refractivity contribution in [2.75, 3.05) is 6.54 Å². The maximum atomic E-state index is 6.34. The first kappa shape index (κ1) is 15.0. The largest absolute Gasteiger partial charge is 0.306 e. The van der Waals surface area contributed by atoms with Crippen LogP contribution in [-0.2, 0) is 0 Å². The summed E-state index contributed by atoms with van der Waals surface area (Å²) in [5, 5.41) is 4.26. The van der Waals surface area contributed by atoms with Crippen molar-refractivity contribution in [1.82, 2.24) is 5.32 Å². The summed E-state index contributed by atoms with van der Waals surface area (Å²) in [7, 11) is 0. The lowest BCUT2D eigenvalue weighted by Gasteiger charge is -2.20. The van der Waals surface area contributed by atoms with E-state index < -0.39 is 0 Å². The van der Waals surface area contributed by atoms with Gasteiger partial charge in [0.1, 0.15) is 0 Å². The van der Waals surface area contributed by atoms with Crippen LogP contribution in [0, 0.1) is 0 Å². The average molecular weight is 404 g/mol. The van der Waals surface area contributed by atoms with E-state index in [1.54, 1.807) is 0 Å². The second kappa shape index (κ2) is 6.89. The van der Waals surface area contributed by atoms with Crippen molar-refractivity contribution >= 4 is 43.5 Å². The van der Waals surface area contributed by atoms with Gasteiger partial charge in [0.2, 0.25) is 0 Å². The Kier molecular flexibility index (Phi) is 5.46. The molecule has 0 aliphatic carbocycles. The monoisotopic (exact) mass is 401 g/mol. The Bertz CT molecular complexity index is 555. The van der Waals surface area contributed by atoms with E-state index in [2.05, 4.69) is 62.3 Å². The van der Waals surface area contributed by atoms with E-state index in [0.717, 1.165) is 26.1 Å². The SMILES string of the molecule is CCNC(c1ccc(Br)cc1)c1cc(Br)ccc1Cl. The zero-order valence-corrected chi connectivity index (χ0v) is 14.4. The lowest BCUT2D eigenvalue weighted by molar-refractivity contribution is 0.630. The topological polar surface area (TPSA) is 12.0 Å². The molecule has 19 heavy (non-hydrogen) atoms. The van der Waals surface area contributed by atoms with Crippen LogP contribution in [0.5, 0.6) is 0 Å². The van der Waals surface area contributed by atoms with Gasteiger partial charge in [0, 0.05) is 14.0 Å². The van der Waals surface area contributed by atoms with Crippen molar-refractivity contribution in [2.24, 2.45) is 0 Å². The Morgan fingerprint density at radius 3 is 2.32 bits per heavy atom. The lowest BCUT2D eigenvalue weighted by atomic mass is 9.98. The van der Waals surface area contributed by atoms with Gasteiger partial charge in [-0.15, -0.1) is 0 Å². The molecular weight excluding hydrogens is 389 g/mol. The highest BCUT2D eigenvalue weighted by atomic mass is 79.9. The molecule has 0 amide bonds. The smallest absolute Gasteiger partial charge is 0.0591 e. The minimum absolute atomic E-state index is 0.100. The Morgan fingerprint density at radius 2 is 1.68 bits per heavy atom. The molecule has 0 radical (unpaired) electrons. The Morgan fingerprint density at radius 1 is 1.05 bits per heavy atom. The Labute approximate surface area is 135 Å². The Hall–Kier alpha value is -0.350. The number of nitrogens with one attached hydrogen (secondary N) is 1. The number of hydrogen-bond acceptors (Lipinski definition) is 1. The fourth-order valence-corrected chi connectivity index (χ4v) is 2.87. The van der Waals surface area contributed by atoms with E-state index in [4.69, 9.17) is 11.6 Å². The van der Waals surface area contributed by atoms with Gasteiger partial charge in [0.15, 0.2) is 0 Å². The fourth-order valence-electron chi connectivity index (χ4n) is 2.00. The summed E-state index contributed by atoms with van der Waals surface area (Å²) in [6.07, 6.45) is 0. The molecule has 100 valence electrons. The van der Waals surface area contributed by atoms with Crippen molar-refractivity contribution < 1.29 is 0 Å².